The minimum atomic E-state index is -0.423. The van der Waals surface area contributed by atoms with E-state index in [1.807, 2.05) is 20.8 Å². The van der Waals surface area contributed by atoms with E-state index in [9.17, 15) is 4.79 Å². The summed E-state index contributed by atoms with van der Waals surface area (Å²) in [6.07, 6.45) is 1.92. The maximum atomic E-state index is 11.6. The lowest BCUT2D eigenvalue weighted by atomic mass is 9.90. The van der Waals surface area contributed by atoms with E-state index in [2.05, 4.69) is 17.6 Å². The van der Waals surface area contributed by atoms with Gasteiger partial charge in [0.2, 0.25) is 0 Å². The predicted molar refractivity (Wildman–Crippen MR) is 64.4 cm³/mol. The number of hydrogen-bond donors (Lipinski definition) is 2. The van der Waals surface area contributed by atoms with Crippen LogP contribution in [0.15, 0.2) is 0 Å². The minimum absolute atomic E-state index is 0.202. The molecule has 4 nitrogen and oxygen atoms in total. The summed E-state index contributed by atoms with van der Waals surface area (Å²) in [4.78, 5) is 11.6. The number of ether oxygens (including phenoxy) is 1. The van der Waals surface area contributed by atoms with Gasteiger partial charge in [0.25, 0.3) is 0 Å². The first kappa shape index (κ1) is 13.3. The molecule has 0 bridgehead atoms. The highest BCUT2D eigenvalue weighted by atomic mass is 16.6. The van der Waals surface area contributed by atoms with E-state index >= 15 is 0 Å². The number of carbonyl (C=O) groups excluding carboxylic acids is 1. The van der Waals surface area contributed by atoms with Crippen molar-refractivity contribution in [3.63, 3.8) is 0 Å². The molecule has 1 rings (SSSR count). The summed E-state index contributed by atoms with van der Waals surface area (Å²) in [6, 6.07) is 0.202. The van der Waals surface area contributed by atoms with E-state index in [1.165, 1.54) is 0 Å². The molecule has 0 radical (unpaired) electrons. The van der Waals surface area contributed by atoms with Gasteiger partial charge in [0, 0.05) is 12.6 Å². The number of piperidine rings is 1. The maximum absolute atomic E-state index is 11.6. The molecular weight excluding hydrogens is 204 g/mol. The van der Waals surface area contributed by atoms with Crippen molar-refractivity contribution in [3.05, 3.63) is 0 Å². The zero-order chi connectivity index (χ0) is 12.2. The number of carbonyl (C=O) groups is 1. The van der Waals surface area contributed by atoms with Crippen LogP contribution in [0.3, 0.4) is 0 Å². The van der Waals surface area contributed by atoms with E-state index in [0.717, 1.165) is 25.9 Å². The first-order valence-electron chi connectivity index (χ1n) is 6.12. The summed E-state index contributed by atoms with van der Waals surface area (Å²) in [5, 5.41) is 6.25. The van der Waals surface area contributed by atoms with Crippen molar-refractivity contribution >= 4 is 6.09 Å². The van der Waals surface area contributed by atoms with Crippen molar-refractivity contribution in [3.8, 4) is 0 Å². The van der Waals surface area contributed by atoms with Gasteiger partial charge in [-0.25, -0.2) is 4.79 Å². The Kier molecular flexibility index (Phi) is 4.59. The van der Waals surface area contributed by atoms with Gasteiger partial charge in [-0.05, 0) is 39.7 Å². The van der Waals surface area contributed by atoms with Gasteiger partial charge in [-0.1, -0.05) is 13.3 Å². The second-order valence-electron chi connectivity index (χ2n) is 5.41. The molecule has 2 N–H and O–H groups in total. The van der Waals surface area contributed by atoms with Gasteiger partial charge in [-0.2, -0.15) is 0 Å². The quantitative estimate of drug-likeness (QED) is 0.759. The van der Waals surface area contributed by atoms with Crippen LogP contribution in [0, 0.1) is 5.92 Å². The normalized spacial score (nSPS) is 26.2. The van der Waals surface area contributed by atoms with E-state index in [-0.39, 0.29) is 12.1 Å². The lowest BCUT2D eigenvalue weighted by molar-refractivity contribution is 0.0474. The van der Waals surface area contributed by atoms with Crippen LogP contribution in [-0.4, -0.2) is 30.8 Å². The van der Waals surface area contributed by atoms with E-state index in [1.54, 1.807) is 0 Å². The fourth-order valence-electron chi connectivity index (χ4n) is 2.03. The third kappa shape index (κ3) is 4.39. The van der Waals surface area contributed by atoms with Crippen LogP contribution in [0.5, 0.6) is 0 Å². The van der Waals surface area contributed by atoms with Crippen LogP contribution < -0.4 is 10.6 Å². The van der Waals surface area contributed by atoms with Crippen molar-refractivity contribution in [1.82, 2.24) is 10.6 Å². The van der Waals surface area contributed by atoms with Crippen LogP contribution in [-0.2, 0) is 4.74 Å². The second kappa shape index (κ2) is 5.53. The highest BCUT2D eigenvalue weighted by molar-refractivity contribution is 5.68. The first-order chi connectivity index (χ1) is 7.42. The van der Waals surface area contributed by atoms with Crippen LogP contribution in [0.4, 0.5) is 4.79 Å². The summed E-state index contributed by atoms with van der Waals surface area (Å²) in [6.45, 7) is 9.69. The molecule has 4 heteroatoms. The smallest absolute Gasteiger partial charge is 0.407 e. The molecule has 1 heterocycles. The third-order valence-electron chi connectivity index (χ3n) is 2.85. The Morgan fingerprint density at radius 1 is 1.50 bits per heavy atom. The highest BCUT2D eigenvalue weighted by Gasteiger charge is 2.26. The van der Waals surface area contributed by atoms with Gasteiger partial charge in [0.05, 0.1) is 0 Å². The number of alkyl carbamates (subject to hydrolysis) is 1. The van der Waals surface area contributed by atoms with Gasteiger partial charge in [0.15, 0.2) is 0 Å². The summed E-state index contributed by atoms with van der Waals surface area (Å²) >= 11 is 0. The largest absolute Gasteiger partial charge is 0.444 e. The topological polar surface area (TPSA) is 50.4 Å². The molecule has 0 aromatic carbocycles. The van der Waals surface area contributed by atoms with Crippen molar-refractivity contribution < 1.29 is 9.53 Å². The molecule has 2 unspecified atom stereocenters. The average Bonchev–Trinajstić information content (AvgIpc) is 2.15. The molecule has 1 aliphatic heterocycles. The zero-order valence-corrected chi connectivity index (χ0v) is 10.8. The number of rotatable bonds is 2. The minimum Gasteiger partial charge on any atom is -0.444 e. The fraction of sp³-hybridized carbons (Fsp3) is 0.917. The molecule has 2 atom stereocenters. The van der Waals surface area contributed by atoms with Crippen LogP contribution in [0.1, 0.15) is 40.5 Å². The standard InChI is InChI=1S/C12H24N2O2/c1-5-9-6-7-13-8-10(9)14-11(15)16-12(2,3)4/h9-10,13H,5-8H2,1-4H3,(H,14,15). The zero-order valence-electron chi connectivity index (χ0n) is 10.8. The monoisotopic (exact) mass is 228 g/mol. The molecule has 16 heavy (non-hydrogen) atoms. The average molecular weight is 228 g/mol. The third-order valence-corrected chi connectivity index (χ3v) is 2.85. The van der Waals surface area contributed by atoms with Crippen molar-refractivity contribution in [1.29, 1.82) is 0 Å². The molecular formula is C12H24N2O2. The Morgan fingerprint density at radius 2 is 2.19 bits per heavy atom. The molecule has 0 spiro atoms. The molecule has 0 aromatic rings. The molecule has 1 fully saturated rings. The molecule has 1 aliphatic rings. The van der Waals surface area contributed by atoms with E-state index < -0.39 is 5.60 Å². The fourth-order valence-corrected chi connectivity index (χ4v) is 2.03. The predicted octanol–water partition coefficient (Wildman–Crippen LogP) is 1.90. The lowest BCUT2D eigenvalue weighted by Crippen LogP contribution is -2.51. The molecule has 0 aliphatic carbocycles. The van der Waals surface area contributed by atoms with Crippen molar-refractivity contribution in [2.75, 3.05) is 13.1 Å². The SMILES string of the molecule is CCC1CCNCC1NC(=O)OC(C)(C)C. The highest BCUT2D eigenvalue weighted by Crippen LogP contribution is 2.17. The Labute approximate surface area is 98.1 Å². The maximum Gasteiger partial charge on any atom is 0.407 e. The molecule has 0 aromatic heterocycles. The van der Waals surface area contributed by atoms with Crippen LogP contribution in [0.25, 0.3) is 0 Å². The molecule has 94 valence electrons. The Morgan fingerprint density at radius 3 is 2.75 bits per heavy atom. The van der Waals surface area contributed by atoms with Gasteiger partial charge in [0.1, 0.15) is 5.60 Å². The van der Waals surface area contributed by atoms with Crippen LogP contribution in [0.2, 0.25) is 0 Å². The first-order valence-corrected chi connectivity index (χ1v) is 6.12. The van der Waals surface area contributed by atoms with Crippen molar-refractivity contribution in [2.24, 2.45) is 5.92 Å². The summed E-state index contributed by atoms with van der Waals surface area (Å²) in [5.74, 6) is 0.564. The number of hydrogen-bond acceptors (Lipinski definition) is 3. The molecule has 1 saturated heterocycles. The molecule has 0 saturated carbocycles. The number of amides is 1. The molecule has 1 amide bonds. The van der Waals surface area contributed by atoms with Crippen LogP contribution >= 0.6 is 0 Å². The Bertz CT molecular complexity index is 236. The van der Waals surface area contributed by atoms with Gasteiger partial charge in [-0.15, -0.1) is 0 Å². The van der Waals surface area contributed by atoms with E-state index in [4.69, 9.17) is 4.74 Å². The summed E-state index contributed by atoms with van der Waals surface area (Å²) in [7, 11) is 0. The van der Waals surface area contributed by atoms with Gasteiger partial charge in [-0.3, -0.25) is 0 Å². The van der Waals surface area contributed by atoms with Gasteiger partial charge < -0.3 is 15.4 Å². The Balaban J connectivity index is 2.42. The van der Waals surface area contributed by atoms with Gasteiger partial charge >= 0.3 is 6.09 Å². The number of nitrogens with one attached hydrogen (secondary N) is 2. The lowest BCUT2D eigenvalue weighted by Gasteiger charge is -2.32. The Hall–Kier alpha value is -0.770. The van der Waals surface area contributed by atoms with E-state index in [0.29, 0.717) is 5.92 Å². The second-order valence-corrected chi connectivity index (χ2v) is 5.41. The van der Waals surface area contributed by atoms with Crippen molar-refractivity contribution in [2.45, 2.75) is 52.2 Å². The summed E-state index contributed by atoms with van der Waals surface area (Å²) in [5.41, 5.74) is -0.423. The summed E-state index contributed by atoms with van der Waals surface area (Å²) < 4.78 is 5.26.